The maximum atomic E-state index is 13.6. The molecule has 2 rings (SSSR count). The van der Waals surface area contributed by atoms with Crippen LogP contribution in [0.5, 0.6) is 0 Å². The van der Waals surface area contributed by atoms with Gasteiger partial charge in [-0.3, -0.25) is 9.59 Å². The molecule has 1 aliphatic heterocycles. The van der Waals surface area contributed by atoms with Crippen molar-refractivity contribution in [3.8, 4) is 0 Å². The number of carbonyl (C=O) groups excluding carboxylic acids is 2. The molecule has 1 amide bonds. The lowest BCUT2D eigenvalue weighted by atomic mass is 9.92. The van der Waals surface area contributed by atoms with E-state index in [-0.39, 0.29) is 18.4 Å². The number of hydrogen-bond donors (Lipinski definition) is 0. The van der Waals surface area contributed by atoms with Crippen LogP contribution in [0.15, 0.2) is 24.0 Å². The molecule has 6 nitrogen and oxygen atoms in total. The Balaban J connectivity index is 2.67. The van der Waals surface area contributed by atoms with Gasteiger partial charge in [-0.05, 0) is 65.2 Å². The maximum Gasteiger partial charge on any atom is 0.316 e. The SMILES string of the molecule is COC(CN1C(=O)C(c2c(C)cccc2C)=C(OC(=O)C(C)(C)C)C1(C)C)OC. The fourth-order valence-electron chi connectivity index (χ4n) is 3.47. The van der Waals surface area contributed by atoms with E-state index in [2.05, 4.69) is 0 Å². The molecule has 1 heterocycles. The summed E-state index contributed by atoms with van der Waals surface area (Å²) in [6.07, 6.45) is -0.588. The Morgan fingerprint density at radius 2 is 1.62 bits per heavy atom. The van der Waals surface area contributed by atoms with Gasteiger partial charge in [-0.15, -0.1) is 0 Å². The highest BCUT2D eigenvalue weighted by molar-refractivity contribution is 6.24. The molecular weight excluding hydrogens is 370 g/mol. The lowest BCUT2D eigenvalue weighted by Crippen LogP contribution is -2.48. The topological polar surface area (TPSA) is 65.1 Å². The zero-order valence-electron chi connectivity index (χ0n) is 19.0. The van der Waals surface area contributed by atoms with E-state index in [1.807, 2.05) is 45.9 Å². The van der Waals surface area contributed by atoms with E-state index in [9.17, 15) is 9.59 Å². The molecule has 160 valence electrons. The van der Waals surface area contributed by atoms with Gasteiger partial charge in [0.15, 0.2) is 6.29 Å². The number of aryl methyl sites for hydroxylation is 2. The highest BCUT2D eigenvalue weighted by Crippen LogP contribution is 2.43. The van der Waals surface area contributed by atoms with Crippen LogP contribution >= 0.6 is 0 Å². The zero-order valence-corrected chi connectivity index (χ0v) is 19.0. The molecule has 0 bridgehead atoms. The summed E-state index contributed by atoms with van der Waals surface area (Å²) < 4.78 is 16.6. The molecule has 0 N–H and O–H groups in total. The summed E-state index contributed by atoms with van der Waals surface area (Å²) in [4.78, 5) is 28.0. The Morgan fingerprint density at radius 1 is 1.10 bits per heavy atom. The van der Waals surface area contributed by atoms with Gasteiger partial charge in [0.25, 0.3) is 5.91 Å². The van der Waals surface area contributed by atoms with Crippen LogP contribution in [-0.2, 0) is 23.8 Å². The van der Waals surface area contributed by atoms with Gasteiger partial charge in [0, 0.05) is 14.2 Å². The molecule has 0 aliphatic carbocycles. The van der Waals surface area contributed by atoms with Crippen LogP contribution in [0, 0.1) is 19.3 Å². The van der Waals surface area contributed by atoms with Crippen molar-refractivity contribution in [2.75, 3.05) is 20.8 Å². The van der Waals surface area contributed by atoms with E-state index in [0.717, 1.165) is 16.7 Å². The van der Waals surface area contributed by atoms with Crippen molar-refractivity contribution < 1.29 is 23.8 Å². The molecule has 0 unspecified atom stereocenters. The number of amides is 1. The number of benzene rings is 1. The maximum absolute atomic E-state index is 13.6. The molecule has 1 aliphatic rings. The number of hydrogen-bond acceptors (Lipinski definition) is 5. The average molecular weight is 404 g/mol. The first kappa shape index (κ1) is 23.1. The molecule has 0 aromatic heterocycles. The summed E-state index contributed by atoms with van der Waals surface area (Å²) in [5.41, 5.74) is 1.57. The molecular formula is C23H33NO5. The van der Waals surface area contributed by atoms with Gasteiger partial charge in [0.1, 0.15) is 5.76 Å². The Morgan fingerprint density at radius 3 is 2.07 bits per heavy atom. The molecule has 1 aromatic carbocycles. The van der Waals surface area contributed by atoms with E-state index in [0.29, 0.717) is 11.3 Å². The highest BCUT2D eigenvalue weighted by atomic mass is 16.7. The van der Waals surface area contributed by atoms with Gasteiger partial charge in [-0.1, -0.05) is 18.2 Å². The van der Waals surface area contributed by atoms with E-state index in [1.54, 1.807) is 25.7 Å². The Bertz CT molecular complexity index is 808. The summed E-state index contributed by atoms with van der Waals surface area (Å²) in [5, 5.41) is 0. The largest absolute Gasteiger partial charge is 0.427 e. The lowest BCUT2D eigenvalue weighted by Gasteiger charge is -2.35. The molecule has 6 heteroatoms. The number of ether oxygens (including phenoxy) is 3. The lowest BCUT2D eigenvalue weighted by molar-refractivity contribution is -0.154. The van der Waals surface area contributed by atoms with Crippen molar-refractivity contribution in [3.63, 3.8) is 0 Å². The minimum Gasteiger partial charge on any atom is -0.427 e. The first-order chi connectivity index (χ1) is 13.4. The van der Waals surface area contributed by atoms with Gasteiger partial charge >= 0.3 is 5.97 Å². The van der Waals surface area contributed by atoms with Crippen molar-refractivity contribution in [3.05, 3.63) is 40.6 Å². The molecule has 0 atom stereocenters. The van der Waals surface area contributed by atoms with Crippen molar-refractivity contribution >= 4 is 17.4 Å². The van der Waals surface area contributed by atoms with E-state index >= 15 is 0 Å². The van der Waals surface area contributed by atoms with E-state index in [1.165, 1.54) is 14.2 Å². The third-order valence-corrected chi connectivity index (χ3v) is 5.31. The average Bonchev–Trinajstić information content (AvgIpc) is 2.79. The minimum absolute atomic E-state index is 0.205. The Kier molecular flexibility index (Phi) is 6.60. The van der Waals surface area contributed by atoms with Crippen molar-refractivity contribution in [1.82, 2.24) is 4.90 Å². The van der Waals surface area contributed by atoms with Gasteiger partial charge in [0.2, 0.25) is 0 Å². The minimum atomic E-state index is -0.850. The molecule has 0 fully saturated rings. The van der Waals surface area contributed by atoms with Crippen molar-refractivity contribution in [2.24, 2.45) is 5.41 Å². The van der Waals surface area contributed by atoms with Crippen LogP contribution in [0.4, 0.5) is 0 Å². The van der Waals surface area contributed by atoms with Crippen molar-refractivity contribution in [1.29, 1.82) is 0 Å². The van der Waals surface area contributed by atoms with Gasteiger partial charge in [-0.2, -0.15) is 0 Å². The fraction of sp³-hybridized carbons (Fsp3) is 0.565. The summed E-state index contributed by atoms with van der Waals surface area (Å²) in [6.45, 7) is 13.2. The number of methoxy groups -OCH3 is 2. The monoisotopic (exact) mass is 403 g/mol. The third-order valence-electron chi connectivity index (χ3n) is 5.31. The van der Waals surface area contributed by atoms with Crippen LogP contribution in [0.3, 0.4) is 0 Å². The van der Waals surface area contributed by atoms with Gasteiger partial charge < -0.3 is 19.1 Å². The number of esters is 1. The predicted molar refractivity (Wildman–Crippen MR) is 112 cm³/mol. The predicted octanol–water partition coefficient (Wildman–Crippen LogP) is 3.84. The second-order valence-corrected chi connectivity index (χ2v) is 8.99. The number of carbonyl (C=O) groups is 2. The second-order valence-electron chi connectivity index (χ2n) is 8.99. The smallest absolute Gasteiger partial charge is 0.316 e. The van der Waals surface area contributed by atoms with Crippen LogP contribution in [0.2, 0.25) is 0 Å². The molecule has 29 heavy (non-hydrogen) atoms. The van der Waals surface area contributed by atoms with Gasteiger partial charge in [0.05, 0.1) is 23.1 Å². The summed E-state index contributed by atoms with van der Waals surface area (Å²) in [5.74, 6) is -0.219. The van der Waals surface area contributed by atoms with Gasteiger partial charge in [-0.25, -0.2) is 0 Å². The second kappa shape index (κ2) is 8.28. The summed E-state index contributed by atoms with van der Waals surface area (Å²) >= 11 is 0. The first-order valence-corrected chi connectivity index (χ1v) is 9.77. The number of rotatable bonds is 6. The van der Waals surface area contributed by atoms with Crippen LogP contribution in [0.25, 0.3) is 5.57 Å². The Hall–Kier alpha value is -2.18. The fourth-order valence-corrected chi connectivity index (χ4v) is 3.47. The van der Waals surface area contributed by atoms with Crippen LogP contribution in [-0.4, -0.2) is 49.4 Å². The quantitative estimate of drug-likeness (QED) is 0.533. The van der Waals surface area contributed by atoms with Crippen molar-refractivity contribution in [2.45, 2.75) is 60.3 Å². The first-order valence-electron chi connectivity index (χ1n) is 9.77. The number of nitrogens with zero attached hydrogens (tertiary/aromatic N) is 1. The molecule has 0 radical (unpaired) electrons. The normalized spacial score (nSPS) is 16.8. The Labute approximate surface area is 173 Å². The molecule has 1 aromatic rings. The molecule has 0 saturated heterocycles. The van der Waals surface area contributed by atoms with Crippen LogP contribution in [0.1, 0.15) is 51.3 Å². The molecule has 0 spiro atoms. The van der Waals surface area contributed by atoms with Crippen LogP contribution < -0.4 is 0 Å². The van der Waals surface area contributed by atoms with E-state index in [4.69, 9.17) is 14.2 Å². The third kappa shape index (κ3) is 4.38. The summed E-state index contributed by atoms with van der Waals surface area (Å²) in [7, 11) is 3.06. The van der Waals surface area contributed by atoms with E-state index < -0.39 is 17.2 Å². The summed E-state index contributed by atoms with van der Waals surface area (Å²) in [6, 6.07) is 5.85. The zero-order chi connectivity index (χ0) is 22.1. The molecule has 0 saturated carbocycles. The standard InChI is InChI=1S/C23H33NO5/c1-14-11-10-12-15(2)17(14)18-19(29-21(26)22(3,4)5)23(6,7)24(20(18)25)13-16(27-8)28-9/h10-12,16H,13H2,1-9H3. The highest BCUT2D eigenvalue weighted by Gasteiger charge is 2.50.